The van der Waals surface area contributed by atoms with E-state index in [2.05, 4.69) is 15.3 Å². The highest BCUT2D eigenvalue weighted by atomic mass is 16.4. The van der Waals surface area contributed by atoms with Gasteiger partial charge in [0.25, 0.3) is 0 Å². The second-order valence-electron chi connectivity index (χ2n) is 4.18. The number of carbonyl (C=O) groups is 1. The maximum atomic E-state index is 10.4. The summed E-state index contributed by atoms with van der Waals surface area (Å²) in [5.41, 5.74) is 3.21. The van der Waals surface area contributed by atoms with Crippen LogP contribution in [0.3, 0.4) is 0 Å². The van der Waals surface area contributed by atoms with Gasteiger partial charge in [-0.25, -0.2) is 9.97 Å². The van der Waals surface area contributed by atoms with E-state index < -0.39 is 5.97 Å². The Kier molecular flexibility index (Phi) is 4.07. The van der Waals surface area contributed by atoms with Crippen LogP contribution in [-0.2, 0) is 4.79 Å². The zero-order valence-corrected chi connectivity index (χ0v) is 10.6. The van der Waals surface area contributed by atoms with E-state index >= 15 is 0 Å². The van der Waals surface area contributed by atoms with Crippen LogP contribution in [0.15, 0.2) is 36.7 Å². The van der Waals surface area contributed by atoms with Gasteiger partial charge in [0, 0.05) is 24.5 Å². The molecule has 0 bridgehead atoms. The fraction of sp³-hybridized carbons (Fsp3) is 0.214. The minimum Gasteiger partial charge on any atom is -0.481 e. The predicted octanol–water partition coefficient (Wildman–Crippen LogP) is 2.34. The summed E-state index contributed by atoms with van der Waals surface area (Å²) in [5.74, 6) is -0.400. The predicted molar refractivity (Wildman–Crippen MR) is 72.9 cm³/mol. The lowest BCUT2D eigenvalue weighted by molar-refractivity contribution is -0.136. The molecule has 0 atom stereocenters. The first kappa shape index (κ1) is 13.0. The van der Waals surface area contributed by atoms with Crippen LogP contribution < -0.4 is 5.32 Å². The van der Waals surface area contributed by atoms with Crippen LogP contribution in [0.25, 0.3) is 11.1 Å². The minimum absolute atomic E-state index is 0.0445. The van der Waals surface area contributed by atoms with Crippen molar-refractivity contribution in [3.63, 3.8) is 0 Å². The van der Waals surface area contributed by atoms with Gasteiger partial charge in [0.15, 0.2) is 0 Å². The average Bonchev–Trinajstić information content (AvgIpc) is 2.40. The standard InChI is InChI=1S/C14H15N3O2/c1-10-4-2-3-5-12(10)11-8-16-14(17-9-11)15-7-6-13(18)19/h2-5,8-9H,6-7H2,1H3,(H,18,19)(H,15,16,17). The molecule has 1 aromatic heterocycles. The fourth-order valence-corrected chi connectivity index (χ4v) is 1.74. The third-order valence-corrected chi connectivity index (χ3v) is 2.73. The summed E-state index contributed by atoms with van der Waals surface area (Å²) in [6.07, 6.45) is 3.51. The molecule has 2 aromatic rings. The molecule has 0 amide bonds. The summed E-state index contributed by atoms with van der Waals surface area (Å²) in [6, 6.07) is 8.02. The van der Waals surface area contributed by atoms with Gasteiger partial charge in [0.2, 0.25) is 5.95 Å². The Balaban J connectivity index is 2.06. The number of aromatic nitrogens is 2. The van der Waals surface area contributed by atoms with Gasteiger partial charge in [-0.1, -0.05) is 24.3 Å². The second kappa shape index (κ2) is 5.95. The molecule has 0 aliphatic carbocycles. The first-order valence-corrected chi connectivity index (χ1v) is 6.00. The van der Waals surface area contributed by atoms with Crippen LogP contribution in [0.2, 0.25) is 0 Å². The first-order valence-electron chi connectivity index (χ1n) is 6.00. The Hall–Kier alpha value is -2.43. The Bertz CT molecular complexity index is 567. The van der Waals surface area contributed by atoms with Crippen molar-refractivity contribution in [1.29, 1.82) is 0 Å². The molecule has 0 radical (unpaired) electrons. The molecule has 5 nitrogen and oxygen atoms in total. The summed E-state index contributed by atoms with van der Waals surface area (Å²) in [6.45, 7) is 2.35. The largest absolute Gasteiger partial charge is 0.481 e. The minimum atomic E-state index is -0.843. The fourth-order valence-electron chi connectivity index (χ4n) is 1.74. The van der Waals surface area contributed by atoms with E-state index in [1.54, 1.807) is 12.4 Å². The Morgan fingerprint density at radius 1 is 1.26 bits per heavy atom. The molecule has 0 unspecified atom stereocenters. The molecule has 2 rings (SSSR count). The number of aryl methyl sites for hydroxylation is 1. The lowest BCUT2D eigenvalue weighted by Gasteiger charge is -2.06. The third-order valence-electron chi connectivity index (χ3n) is 2.73. The van der Waals surface area contributed by atoms with E-state index in [9.17, 15) is 4.79 Å². The molecule has 19 heavy (non-hydrogen) atoms. The number of aliphatic carboxylic acids is 1. The van der Waals surface area contributed by atoms with Crippen LogP contribution in [0.5, 0.6) is 0 Å². The third kappa shape index (κ3) is 3.51. The molecule has 2 N–H and O–H groups in total. The van der Waals surface area contributed by atoms with Gasteiger partial charge in [0.05, 0.1) is 6.42 Å². The highest BCUT2D eigenvalue weighted by molar-refractivity contribution is 5.67. The number of carboxylic acids is 1. The van der Waals surface area contributed by atoms with Gasteiger partial charge in [-0.15, -0.1) is 0 Å². The number of hydrogen-bond donors (Lipinski definition) is 2. The van der Waals surface area contributed by atoms with Crippen LogP contribution >= 0.6 is 0 Å². The van der Waals surface area contributed by atoms with Crippen molar-refractivity contribution in [2.75, 3.05) is 11.9 Å². The molecule has 0 saturated heterocycles. The number of rotatable bonds is 5. The molecular formula is C14H15N3O2. The van der Waals surface area contributed by atoms with Crippen molar-refractivity contribution in [2.24, 2.45) is 0 Å². The molecule has 1 aromatic carbocycles. The number of nitrogens with zero attached hydrogens (tertiary/aromatic N) is 2. The van der Waals surface area contributed by atoms with Gasteiger partial charge in [-0.2, -0.15) is 0 Å². The molecule has 0 aliphatic heterocycles. The van der Waals surface area contributed by atoms with Gasteiger partial charge in [0.1, 0.15) is 0 Å². The summed E-state index contributed by atoms with van der Waals surface area (Å²) in [4.78, 5) is 18.7. The SMILES string of the molecule is Cc1ccccc1-c1cnc(NCCC(=O)O)nc1. The van der Waals surface area contributed by atoms with Crippen molar-refractivity contribution in [3.8, 4) is 11.1 Å². The Morgan fingerprint density at radius 3 is 2.58 bits per heavy atom. The van der Waals surface area contributed by atoms with E-state index in [-0.39, 0.29) is 6.42 Å². The van der Waals surface area contributed by atoms with Crippen LogP contribution in [0, 0.1) is 6.92 Å². The molecule has 0 aliphatic rings. The number of benzene rings is 1. The molecule has 0 fully saturated rings. The Labute approximate surface area is 111 Å². The smallest absolute Gasteiger partial charge is 0.305 e. The van der Waals surface area contributed by atoms with Gasteiger partial charge in [-0.05, 0) is 18.1 Å². The van der Waals surface area contributed by atoms with Gasteiger partial charge < -0.3 is 10.4 Å². The summed E-state index contributed by atoms with van der Waals surface area (Å²) >= 11 is 0. The van der Waals surface area contributed by atoms with Crippen LogP contribution in [-0.4, -0.2) is 27.6 Å². The van der Waals surface area contributed by atoms with Crippen molar-refractivity contribution in [1.82, 2.24) is 9.97 Å². The van der Waals surface area contributed by atoms with Crippen molar-refractivity contribution < 1.29 is 9.90 Å². The summed E-state index contributed by atoms with van der Waals surface area (Å²) in [5, 5.41) is 11.4. The van der Waals surface area contributed by atoms with Crippen molar-refractivity contribution >= 4 is 11.9 Å². The highest BCUT2D eigenvalue weighted by Gasteiger charge is 2.03. The number of hydrogen-bond acceptors (Lipinski definition) is 4. The second-order valence-corrected chi connectivity index (χ2v) is 4.18. The molecule has 98 valence electrons. The maximum absolute atomic E-state index is 10.4. The molecule has 0 spiro atoms. The van der Waals surface area contributed by atoms with Crippen LogP contribution in [0.4, 0.5) is 5.95 Å². The summed E-state index contributed by atoms with van der Waals surface area (Å²) < 4.78 is 0. The zero-order chi connectivity index (χ0) is 13.7. The first-order chi connectivity index (χ1) is 9.16. The molecule has 5 heteroatoms. The van der Waals surface area contributed by atoms with E-state index in [1.807, 2.05) is 31.2 Å². The lowest BCUT2D eigenvalue weighted by Crippen LogP contribution is -2.09. The zero-order valence-electron chi connectivity index (χ0n) is 10.6. The lowest BCUT2D eigenvalue weighted by atomic mass is 10.0. The van der Waals surface area contributed by atoms with Crippen molar-refractivity contribution in [2.45, 2.75) is 13.3 Å². The van der Waals surface area contributed by atoms with Gasteiger partial charge >= 0.3 is 5.97 Å². The average molecular weight is 257 g/mol. The quantitative estimate of drug-likeness (QED) is 0.859. The van der Waals surface area contributed by atoms with E-state index in [4.69, 9.17) is 5.11 Å². The van der Waals surface area contributed by atoms with Crippen molar-refractivity contribution in [3.05, 3.63) is 42.2 Å². The molecular weight excluding hydrogens is 242 g/mol. The summed E-state index contributed by atoms with van der Waals surface area (Å²) in [7, 11) is 0. The van der Waals surface area contributed by atoms with E-state index in [0.717, 1.165) is 16.7 Å². The Morgan fingerprint density at radius 2 is 1.95 bits per heavy atom. The normalized spacial score (nSPS) is 10.2. The number of carboxylic acid groups (broad SMARTS) is 1. The maximum Gasteiger partial charge on any atom is 0.305 e. The topological polar surface area (TPSA) is 75.1 Å². The molecule has 1 heterocycles. The monoisotopic (exact) mass is 257 g/mol. The molecule has 0 saturated carbocycles. The van der Waals surface area contributed by atoms with E-state index in [1.165, 1.54) is 0 Å². The van der Waals surface area contributed by atoms with Gasteiger partial charge in [-0.3, -0.25) is 4.79 Å². The highest BCUT2D eigenvalue weighted by Crippen LogP contribution is 2.21. The van der Waals surface area contributed by atoms with E-state index in [0.29, 0.717) is 12.5 Å². The van der Waals surface area contributed by atoms with Crippen LogP contribution in [0.1, 0.15) is 12.0 Å². The number of nitrogens with one attached hydrogen (secondary N) is 1. The number of anilines is 1.